The van der Waals surface area contributed by atoms with Crippen LogP contribution in [0.25, 0.3) is 11.4 Å². The third-order valence-corrected chi connectivity index (χ3v) is 4.00. The van der Waals surface area contributed by atoms with Gasteiger partial charge in [0.1, 0.15) is 17.3 Å². The molecule has 0 radical (unpaired) electrons. The van der Waals surface area contributed by atoms with Gasteiger partial charge in [0.25, 0.3) is 5.91 Å². The Bertz CT molecular complexity index is 942. The molecule has 5 nitrogen and oxygen atoms in total. The van der Waals surface area contributed by atoms with Gasteiger partial charge < -0.3 is 10.6 Å². The van der Waals surface area contributed by atoms with E-state index in [0.717, 1.165) is 18.4 Å². The lowest BCUT2D eigenvalue weighted by molar-refractivity contribution is 0.0946. The van der Waals surface area contributed by atoms with E-state index in [4.69, 9.17) is 0 Å². The molecule has 2 aromatic carbocycles. The lowest BCUT2D eigenvalue weighted by atomic mass is 10.2. The van der Waals surface area contributed by atoms with Crippen LogP contribution in [-0.4, -0.2) is 21.9 Å². The van der Waals surface area contributed by atoms with Gasteiger partial charge in [-0.3, -0.25) is 4.79 Å². The van der Waals surface area contributed by atoms with Crippen molar-refractivity contribution in [3.63, 3.8) is 0 Å². The van der Waals surface area contributed by atoms with Gasteiger partial charge in [-0.05, 0) is 31.0 Å². The van der Waals surface area contributed by atoms with Crippen LogP contribution < -0.4 is 10.6 Å². The summed E-state index contributed by atoms with van der Waals surface area (Å²) in [7, 11) is 0. The third kappa shape index (κ3) is 3.85. The Kier molecular flexibility index (Phi) is 4.31. The molecule has 6 heteroatoms. The molecule has 1 aliphatic carbocycles. The van der Waals surface area contributed by atoms with Crippen LogP contribution >= 0.6 is 0 Å². The lowest BCUT2D eigenvalue weighted by Gasteiger charge is -2.10. The van der Waals surface area contributed by atoms with E-state index < -0.39 is 0 Å². The Labute approximate surface area is 150 Å². The summed E-state index contributed by atoms with van der Waals surface area (Å²) in [5.74, 6) is 0.298. The minimum atomic E-state index is -0.348. The van der Waals surface area contributed by atoms with Crippen LogP contribution in [0.5, 0.6) is 0 Å². The van der Waals surface area contributed by atoms with Gasteiger partial charge in [0.2, 0.25) is 0 Å². The molecule has 1 fully saturated rings. The van der Waals surface area contributed by atoms with Crippen LogP contribution in [0.4, 0.5) is 15.9 Å². The maximum atomic E-state index is 13.4. The van der Waals surface area contributed by atoms with Gasteiger partial charge in [0.05, 0.1) is 0 Å². The van der Waals surface area contributed by atoms with Crippen LogP contribution in [0.1, 0.15) is 23.3 Å². The van der Waals surface area contributed by atoms with E-state index in [0.29, 0.717) is 17.3 Å². The van der Waals surface area contributed by atoms with E-state index in [1.54, 1.807) is 18.2 Å². The van der Waals surface area contributed by atoms with Crippen molar-refractivity contribution in [2.45, 2.75) is 18.9 Å². The fourth-order valence-electron chi connectivity index (χ4n) is 2.55. The number of rotatable bonds is 5. The number of hydrogen-bond acceptors (Lipinski definition) is 4. The number of halogens is 1. The Morgan fingerprint density at radius 1 is 1.00 bits per heavy atom. The molecule has 1 saturated carbocycles. The van der Waals surface area contributed by atoms with Crippen molar-refractivity contribution in [3.8, 4) is 11.4 Å². The number of carbonyl (C=O) groups excluding carboxylic acids is 1. The monoisotopic (exact) mass is 348 g/mol. The van der Waals surface area contributed by atoms with Crippen LogP contribution in [0.15, 0.2) is 60.7 Å². The highest BCUT2D eigenvalue weighted by Crippen LogP contribution is 2.23. The predicted molar refractivity (Wildman–Crippen MR) is 97.6 cm³/mol. The normalized spacial score (nSPS) is 13.3. The zero-order valence-electron chi connectivity index (χ0n) is 13.9. The number of anilines is 2. The zero-order valence-corrected chi connectivity index (χ0v) is 13.9. The summed E-state index contributed by atoms with van der Waals surface area (Å²) in [5.41, 5.74) is 1.64. The molecule has 4 rings (SSSR count). The largest absolute Gasteiger partial charge is 0.348 e. The third-order valence-electron chi connectivity index (χ3n) is 4.00. The van der Waals surface area contributed by atoms with E-state index in [1.807, 2.05) is 30.3 Å². The molecule has 3 aromatic rings. The summed E-state index contributed by atoms with van der Waals surface area (Å²) < 4.78 is 13.4. The van der Waals surface area contributed by atoms with Crippen LogP contribution in [-0.2, 0) is 0 Å². The van der Waals surface area contributed by atoms with Crippen LogP contribution in [0.2, 0.25) is 0 Å². The highest BCUT2D eigenvalue weighted by molar-refractivity contribution is 5.94. The second-order valence-electron chi connectivity index (χ2n) is 6.21. The van der Waals surface area contributed by atoms with E-state index in [1.165, 1.54) is 12.1 Å². The van der Waals surface area contributed by atoms with Gasteiger partial charge in [-0.2, -0.15) is 0 Å². The molecule has 130 valence electrons. The first-order valence-electron chi connectivity index (χ1n) is 8.45. The molecule has 0 spiro atoms. The Morgan fingerprint density at radius 3 is 2.54 bits per heavy atom. The van der Waals surface area contributed by atoms with Crippen LogP contribution in [0.3, 0.4) is 0 Å². The number of nitrogens with zero attached hydrogens (tertiary/aromatic N) is 2. The summed E-state index contributed by atoms with van der Waals surface area (Å²) in [4.78, 5) is 21.3. The van der Waals surface area contributed by atoms with Gasteiger partial charge in [-0.1, -0.05) is 36.4 Å². The number of carbonyl (C=O) groups is 1. The van der Waals surface area contributed by atoms with Crippen molar-refractivity contribution < 1.29 is 9.18 Å². The smallest absolute Gasteiger partial charge is 0.270 e. The van der Waals surface area contributed by atoms with Gasteiger partial charge in [0.15, 0.2) is 5.82 Å². The first kappa shape index (κ1) is 16.2. The number of hydrogen-bond donors (Lipinski definition) is 2. The first-order valence-corrected chi connectivity index (χ1v) is 8.45. The van der Waals surface area contributed by atoms with Gasteiger partial charge >= 0.3 is 0 Å². The maximum Gasteiger partial charge on any atom is 0.270 e. The first-order chi connectivity index (χ1) is 12.7. The number of nitrogens with one attached hydrogen (secondary N) is 2. The van der Waals surface area contributed by atoms with Gasteiger partial charge in [0, 0.05) is 23.4 Å². The average molecular weight is 348 g/mol. The van der Waals surface area contributed by atoms with E-state index in [9.17, 15) is 9.18 Å². The quantitative estimate of drug-likeness (QED) is 0.733. The molecular formula is C20H17FN4O. The predicted octanol–water partition coefficient (Wildman–Crippen LogP) is 3.92. The van der Waals surface area contributed by atoms with Crippen molar-refractivity contribution >= 4 is 17.4 Å². The van der Waals surface area contributed by atoms with Crippen molar-refractivity contribution in [2.24, 2.45) is 0 Å². The second kappa shape index (κ2) is 6.92. The molecule has 2 N–H and O–H groups in total. The summed E-state index contributed by atoms with van der Waals surface area (Å²) in [5, 5.41) is 5.98. The van der Waals surface area contributed by atoms with Crippen LogP contribution in [0, 0.1) is 5.82 Å². The summed E-state index contributed by atoms with van der Waals surface area (Å²) >= 11 is 0. The minimum Gasteiger partial charge on any atom is -0.348 e. The van der Waals surface area contributed by atoms with E-state index in [-0.39, 0.29) is 23.5 Å². The Hall–Kier alpha value is -3.28. The molecule has 0 unspecified atom stereocenters. The molecule has 1 amide bonds. The average Bonchev–Trinajstić information content (AvgIpc) is 3.46. The SMILES string of the molecule is O=C(NC1CC1)c1cc(Nc2cccc(F)c2)nc(-c2ccccc2)n1. The standard InChI is InChI=1S/C20H17FN4O/c21-14-7-4-8-16(11-14)22-18-12-17(20(26)23-15-9-10-15)24-19(25-18)13-5-2-1-3-6-13/h1-8,11-12,15H,9-10H2,(H,23,26)(H,22,24,25). The molecular weight excluding hydrogens is 331 g/mol. The molecule has 1 aromatic heterocycles. The Morgan fingerprint density at radius 2 is 1.81 bits per heavy atom. The molecule has 0 bridgehead atoms. The minimum absolute atomic E-state index is 0.227. The summed E-state index contributed by atoms with van der Waals surface area (Å²) in [6, 6.07) is 17.3. The van der Waals surface area contributed by atoms with E-state index in [2.05, 4.69) is 20.6 Å². The highest BCUT2D eigenvalue weighted by Gasteiger charge is 2.25. The topological polar surface area (TPSA) is 66.9 Å². The number of aromatic nitrogens is 2. The van der Waals surface area contributed by atoms with Crippen molar-refractivity contribution in [3.05, 3.63) is 72.2 Å². The number of benzene rings is 2. The molecule has 0 aliphatic heterocycles. The van der Waals surface area contributed by atoms with Gasteiger partial charge in [-0.15, -0.1) is 0 Å². The highest BCUT2D eigenvalue weighted by atomic mass is 19.1. The molecule has 1 aliphatic rings. The number of amides is 1. The lowest BCUT2D eigenvalue weighted by Crippen LogP contribution is -2.26. The second-order valence-corrected chi connectivity index (χ2v) is 6.21. The molecule has 0 atom stereocenters. The van der Waals surface area contributed by atoms with E-state index >= 15 is 0 Å². The summed E-state index contributed by atoms with van der Waals surface area (Å²) in [6.45, 7) is 0. The summed E-state index contributed by atoms with van der Waals surface area (Å²) in [6.07, 6.45) is 1.99. The zero-order chi connectivity index (χ0) is 17.9. The fourth-order valence-corrected chi connectivity index (χ4v) is 2.55. The fraction of sp³-hybridized carbons (Fsp3) is 0.150. The van der Waals surface area contributed by atoms with Crippen molar-refractivity contribution in [1.82, 2.24) is 15.3 Å². The molecule has 26 heavy (non-hydrogen) atoms. The molecule has 1 heterocycles. The Balaban J connectivity index is 1.70. The maximum absolute atomic E-state index is 13.4. The molecule has 0 saturated heterocycles. The van der Waals surface area contributed by atoms with Crippen molar-refractivity contribution in [2.75, 3.05) is 5.32 Å². The van der Waals surface area contributed by atoms with Gasteiger partial charge in [-0.25, -0.2) is 14.4 Å². The van der Waals surface area contributed by atoms with Crippen molar-refractivity contribution in [1.29, 1.82) is 0 Å².